The zero-order valence-corrected chi connectivity index (χ0v) is 4.40. The molecule has 1 nitrogen and oxygen atoms in total. The zero-order valence-electron chi connectivity index (χ0n) is 4.40. The normalized spacial score (nSPS) is 67.3. The predicted octanol–water partition coefficient (Wildman–Crippen LogP) is 0.938. The summed E-state index contributed by atoms with van der Waals surface area (Å²) >= 11 is 0. The molecule has 0 aromatic rings. The van der Waals surface area contributed by atoms with Crippen LogP contribution in [0.4, 0.5) is 0 Å². The molecule has 0 aromatic carbocycles. The van der Waals surface area contributed by atoms with Crippen LogP contribution in [0.5, 0.6) is 0 Å². The van der Waals surface area contributed by atoms with E-state index in [1.54, 1.807) is 0 Å². The highest BCUT2D eigenvalue weighted by Gasteiger charge is 2.94. The minimum Gasteiger partial charge on any atom is -0.365 e. The van der Waals surface area contributed by atoms with Gasteiger partial charge in [-0.1, -0.05) is 0 Å². The molecule has 0 aromatic heterocycles. The van der Waals surface area contributed by atoms with E-state index in [-0.39, 0.29) is 0 Å². The van der Waals surface area contributed by atoms with Crippen molar-refractivity contribution in [2.45, 2.75) is 31.5 Å². The van der Waals surface area contributed by atoms with Gasteiger partial charge in [0, 0.05) is 5.41 Å². The minimum absolute atomic E-state index is 0.424. The summed E-state index contributed by atoms with van der Waals surface area (Å²) < 4.78 is 5.27. The molecule has 3 aliphatic rings. The fourth-order valence-electron chi connectivity index (χ4n) is 1.97. The van der Waals surface area contributed by atoms with Gasteiger partial charge in [-0.15, -0.1) is 0 Å². The summed E-state index contributed by atoms with van der Waals surface area (Å²) in [4.78, 5) is 0. The van der Waals surface area contributed by atoms with Gasteiger partial charge in [-0.05, 0) is 19.8 Å². The molecule has 2 atom stereocenters. The predicted molar refractivity (Wildman–Crippen MR) is 24.9 cm³/mol. The zero-order chi connectivity index (χ0) is 4.70. The number of fused-ring (bicyclic) bond motifs is 3. The van der Waals surface area contributed by atoms with Gasteiger partial charge >= 0.3 is 0 Å². The minimum atomic E-state index is 0.424. The second-order valence-electron chi connectivity index (χ2n) is 3.26. The van der Waals surface area contributed by atoms with Gasteiger partial charge in [0.05, 0.1) is 6.10 Å². The quantitative estimate of drug-likeness (QED) is 0.409. The maximum absolute atomic E-state index is 5.27. The average molecular weight is 96.1 g/mol. The Morgan fingerprint density at radius 1 is 1.57 bits per heavy atom. The summed E-state index contributed by atoms with van der Waals surface area (Å²) in [6.45, 7) is 2.24. The number of rotatable bonds is 0. The molecular formula is C6H8O. The van der Waals surface area contributed by atoms with E-state index in [1.165, 1.54) is 12.8 Å². The van der Waals surface area contributed by atoms with Gasteiger partial charge in [-0.2, -0.15) is 0 Å². The molecular weight excluding hydrogens is 88.1 g/mol. The van der Waals surface area contributed by atoms with Crippen LogP contribution in [-0.2, 0) is 4.74 Å². The topological polar surface area (TPSA) is 12.5 Å². The first-order valence-corrected chi connectivity index (χ1v) is 2.97. The largest absolute Gasteiger partial charge is 0.365 e. The van der Waals surface area contributed by atoms with E-state index in [1.807, 2.05) is 0 Å². The van der Waals surface area contributed by atoms with Crippen molar-refractivity contribution in [2.24, 2.45) is 5.41 Å². The van der Waals surface area contributed by atoms with Crippen LogP contribution in [0.2, 0.25) is 0 Å². The first-order valence-electron chi connectivity index (χ1n) is 2.97. The molecule has 1 aliphatic heterocycles. The lowest BCUT2D eigenvalue weighted by Crippen LogP contribution is -2.01. The maximum atomic E-state index is 5.27. The summed E-state index contributed by atoms with van der Waals surface area (Å²) in [5.41, 5.74) is 1.19. The Bertz CT molecular complexity index is 139. The molecule has 0 amide bonds. The van der Waals surface area contributed by atoms with E-state index in [0.717, 1.165) is 11.5 Å². The van der Waals surface area contributed by atoms with Gasteiger partial charge in [0.1, 0.15) is 5.60 Å². The highest BCUT2D eigenvalue weighted by molar-refractivity contribution is 5.41. The van der Waals surface area contributed by atoms with Gasteiger partial charge in [0.2, 0.25) is 0 Å². The van der Waals surface area contributed by atoms with E-state index in [9.17, 15) is 0 Å². The fourth-order valence-corrected chi connectivity index (χ4v) is 1.97. The van der Waals surface area contributed by atoms with Crippen molar-refractivity contribution in [1.82, 2.24) is 0 Å². The molecule has 1 spiro atoms. The van der Waals surface area contributed by atoms with Crippen molar-refractivity contribution in [1.29, 1.82) is 0 Å². The molecule has 0 radical (unpaired) electrons. The molecule has 1 heterocycles. The molecule has 2 aliphatic carbocycles. The molecule has 0 bridgehead atoms. The van der Waals surface area contributed by atoms with Gasteiger partial charge in [-0.25, -0.2) is 0 Å². The Balaban J connectivity index is 2.13. The number of ether oxygens (including phenoxy) is 1. The molecule has 2 unspecified atom stereocenters. The lowest BCUT2D eigenvalue weighted by Gasteiger charge is -1.98. The number of epoxide rings is 1. The highest BCUT2D eigenvalue weighted by atomic mass is 16.7. The monoisotopic (exact) mass is 96.1 g/mol. The lowest BCUT2D eigenvalue weighted by molar-refractivity contribution is 0.153. The van der Waals surface area contributed by atoms with E-state index in [2.05, 4.69) is 6.92 Å². The third-order valence-corrected chi connectivity index (χ3v) is 3.00. The van der Waals surface area contributed by atoms with Crippen molar-refractivity contribution < 1.29 is 4.74 Å². The summed E-state index contributed by atoms with van der Waals surface area (Å²) in [6.07, 6.45) is 3.63. The molecule has 1 heteroatoms. The fraction of sp³-hybridized carbons (Fsp3) is 1.00. The van der Waals surface area contributed by atoms with Gasteiger partial charge in [0.25, 0.3) is 0 Å². The summed E-state index contributed by atoms with van der Waals surface area (Å²) in [5.74, 6) is 0. The van der Waals surface area contributed by atoms with Crippen LogP contribution in [-0.4, -0.2) is 11.7 Å². The van der Waals surface area contributed by atoms with Crippen LogP contribution in [0, 0.1) is 5.41 Å². The lowest BCUT2D eigenvalue weighted by atomic mass is 10.3. The second-order valence-corrected chi connectivity index (χ2v) is 3.26. The van der Waals surface area contributed by atoms with Gasteiger partial charge < -0.3 is 4.74 Å². The molecule has 1 saturated heterocycles. The Morgan fingerprint density at radius 3 is 2.14 bits per heavy atom. The van der Waals surface area contributed by atoms with Crippen LogP contribution < -0.4 is 0 Å². The van der Waals surface area contributed by atoms with E-state index >= 15 is 0 Å². The molecule has 0 N–H and O–H groups in total. The molecule has 3 rings (SSSR count). The van der Waals surface area contributed by atoms with Crippen molar-refractivity contribution in [2.75, 3.05) is 0 Å². The van der Waals surface area contributed by atoms with Crippen molar-refractivity contribution in [3.63, 3.8) is 0 Å². The molecule has 38 valence electrons. The van der Waals surface area contributed by atoms with Crippen molar-refractivity contribution in [3.8, 4) is 0 Å². The van der Waals surface area contributed by atoms with Crippen LogP contribution in [0.3, 0.4) is 0 Å². The molecule has 7 heavy (non-hydrogen) atoms. The second kappa shape index (κ2) is 0.455. The molecule has 3 fully saturated rings. The summed E-state index contributed by atoms with van der Waals surface area (Å²) in [5, 5.41) is 0. The van der Waals surface area contributed by atoms with Crippen LogP contribution in [0.15, 0.2) is 0 Å². The smallest absolute Gasteiger partial charge is 0.101 e. The number of hydrogen-bond donors (Lipinski definition) is 0. The van der Waals surface area contributed by atoms with Crippen LogP contribution in [0.1, 0.15) is 19.8 Å². The van der Waals surface area contributed by atoms with E-state index in [4.69, 9.17) is 4.74 Å². The third kappa shape index (κ3) is 0.129. The standard InChI is InChI=1S/C6H8O/c1-5-4(7-5)6(5)2-3-6/h4H,2-3H2,1H3. The Labute approximate surface area is 42.7 Å². The number of hydrogen-bond acceptors (Lipinski definition) is 1. The van der Waals surface area contributed by atoms with Crippen LogP contribution >= 0.6 is 0 Å². The Morgan fingerprint density at radius 2 is 2.14 bits per heavy atom. The van der Waals surface area contributed by atoms with Crippen molar-refractivity contribution in [3.05, 3.63) is 0 Å². The van der Waals surface area contributed by atoms with E-state index < -0.39 is 0 Å². The first kappa shape index (κ1) is 3.08. The average Bonchev–Trinajstić information content (AvgIpc) is 2.16. The Hall–Kier alpha value is -0.0400. The summed E-state index contributed by atoms with van der Waals surface area (Å²) in [6, 6.07) is 0. The van der Waals surface area contributed by atoms with Gasteiger partial charge in [0.15, 0.2) is 0 Å². The molecule has 2 saturated carbocycles. The highest BCUT2D eigenvalue weighted by Crippen LogP contribution is 2.86. The Kier molecular flexibility index (Phi) is 0.200. The van der Waals surface area contributed by atoms with Gasteiger partial charge in [-0.3, -0.25) is 0 Å². The van der Waals surface area contributed by atoms with E-state index in [0.29, 0.717) is 5.60 Å². The third-order valence-electron chi connectivity index (χ3n) is 3.00. The summed E-state index contributed by atoms with van der Waals surface area (Å²) in [7, 11) is 0. The maximum Gasteiger partial charge on any atom is 0.101 e. The van der Waals surface area contributed by atoms with Crippen LogP contribution in [0.25, 0.3) is 0 Å². The SMILES string of the molecule is CC12OC1C21CC1. The first-order chi connectivity index (χ1) is 3.30. The van der Waals surface area contributed by atoms with Crippen molar-refractivity contribution >= 4 is 0 Å².